The number of anilines is 1. The average molecular weight is 472 g/mol. The van der Waals surface area contributed by atoms with Crippen LogP contribution in [0.25, 0.3) is 16.9 Å². The first-order valence-electron chi connectivity index (χ1n) is 11.8. The summed E-state index contributed by atoms with van der Waals surface area (Å²) >= 11 is 0. The first-order valence-corrected chi connectivity index (χ1v) is 11.8. The minimum Gasteiger partial charge on any atom is -0.493 e. The third kappa shape index (κ3) is 5.65. The number of nitrogens with zero attached hydrogens (tertiary/aromatic N) is 2. The number of hydrogen-bond acceptors (Lipinski definition) is 5. The molecule has 4 aromatic rings. The second kappa shape index (κ2) is 9.45. The molecule has 0 amide bonds. The number of carbonyl (C=O) groups is 1. The lowest BCUT2D eigenvalue weighted by Gasteiger charge is -2.34. The number of nitrogens with one attached hydrogen (secondary N) is 1. The van der Waals surface area contributed by atoms with Gasteiger partial charge in [-0.2, -0.15) is 0 Å². The summed E-state index contributed by atoms with van der Waals surface area (Å²) in [4.78, 5) is 17.5. The number of pyridine rings is 1. The molecule has 182 valence electrons. The molecule has 0 spiro atoms. The van der Waals surface area contributed by atoms with Crippen LogP contribution in [0.3, 0.4) is 0 Å². The van der Waals surface area contributed by atoms with E-state index in [9.17, 15) is 4.79 Å². The summed E-state index contributed by atoms with van der Waals surface area (Å²) in [5.41, 5.74) is 2.97. The molecule has 35 heavy (non-hydrogen) atoms. The first-order chi connectivity index (χ1) is 16.6. The van der Waals surface area contributed by atoms with Gasteiger partial charge >= 0.3 is 5.97 Å². The number of carbonyl (C=O) groups excluding carboxylic acids is 1. The summed E-state index contributed by atoms with van der Waals surface area (Å²) in [6.07, 6.45) is 2.98. The molecule has 0 fully saturated rings. The number of aromatic nitrogens is 2. The quantitative estimate of drug-likeness (QED) is 0.236. The van der Waals surface area contributed by atoms with E-state index in [1.54, 1.807) is 37.4 Å². The summed E-state index contributed by atoms with van der Waals surface area (Å²) in [7, 11) is 1.56. The van der Waals surface area contributed by atoms with Gasteiger partial charge in [0.25, 0.3) is 0 Å². The molecule has 0 radical (unpaired) electrons. The van der Waals surface area contributed by atoms with Crippen molar-refractivity contribution in [1.82, 2.24) is 9.38 Å². The van der Waals surface area contributed by atoms with Gasteiger partial charge in [-0.15, -0.1) is 0 Å². The molecule has 4 rings (SSSR count). The fourth-order valence-corrected chi connectivity index (χ4v) is 4.64. The number of rotatable bonds is 7. The van der Waals surface area contributed by atoms with Crippen molar-refractivity contribution in [3.8, 4) is 22.8 Å². The van der Waals surface area contributed by atoms with Gasteiger partial charge in [0, 0.05) is 17.3 Å². The minimum atomic E-state index is -0.435. The SMILES string of the molecule is COc1cc(-c2nc3ccccn3c2NC(C)(C)CC(C)(C)C)ccc1OC(=O)c1ccccc1. The number of imidazole rings is 1. The van der Waals surface area contributed by atoms with Gasteiger partial charge in [0.2, 0.25) is 0 Å². The van der Waals surface area contributed by atoms with Crippen molar-refractivity contribution in [2.24, 2.45) is 5.41 Å². The molecule has 2 aromatic heterocycles. The predicted octanol–water partition coefficient (Wildman–Crippen LogP) is 6.86. The largest absolute Gasteiger partial charge is 0.493 e. The van der Waals surface area contributed by atoms with Crippen LogP contribution in [-0.2, 0) is 0 Å². The van der Waals surface area contributed by atoms with Crippen LogP contribution < -0.4 is 14.8 Å². The van der Waals surface area contributed by atoms with E-state index in [2.05, 4.69) is 44.3 Å². The highest BCUT2D eigenvalue weighted by atomic mass is 16.6. The molecule has 0 saturated heterocycles. The van der Waals surface area contributed by atoms with Gasteiger partial charge in [-0.05, 0) is 68.1 Å². The van der Waals surface area contributed by atoms with Crippen molar-refractivity contribution in [2.75, 3.05) is 12.4 Å². The third-order valence-electron chi connectivity index (χ3n) is 5.61. The smallest absolute Gasteiger partial charge is 0.343 e. The van der Waals surface area contributed by atoms with Gasteiger partial charge in [-0.25, -0.2) is 9.78 Å². The van der Waals surface area contributed by atoms with E-state index >= 15 is 0 Å². The van der Waals surface area contributed by atoms with E-state index in [0.29, 0.717) is 17.1 Å². The summed E-state index contributed by atoms with van der Waals surface area (Å²) in [5, 5.41) is 3.74. The van der Waals surface area contributed by atoms with Crippen LogP contribution >= 0.6 is 0 Å². The maximum atomic E-state index is 12.6. The van der Waals surface area contributed by atoms with Crippen LogP contribution in [0.5, 0.6) is 11.5 Å². The fourth-order valence-electron chi connectivity index (χ4n) is 4.64. The molecule has 0 aliphatic carbocycles. The van der Waals surface area contributed by atoms with Gasteiger partial charge < -0.3 is 14.8 Å². The van der Waals surface area contributed by atoms with E-state index in [4.69, 9.17) is 14.5 Å². The maximum Gasteiger partial charge on any atom is 0.343 e. The van der Waals surface area contributed by atoms with Crippen molar-refractivity contribution >= 4 is 17.4 Å². The van der Waals surface area contributed by atoms with Crippen molar-refractivity contribution in [3.63, 3.8) is 0 Å². The molecular formula is C29H33N3O3. The molecule has 0 aliphatic rings. The Kier molecular flexibility index (Phi) is 6.57. The van der Waals surface area contributed by atoms with Crippen molar-refractivity contribution < 1.29 is 14.3 Å². The van der Waals surface area contributed by atoms with Crippen LogP contribution in [0, 0.1) is 5.41 Å². The second-order valence-electron chi connectivity index (χ2n) is 10.6. The Bertz CT molecular complexity index is 1330. The Morgan fingerprint density at radius 1 is 0.943 bits per heavy atom. The standard InChI is InChI=1S/C29H33N3O3/c1-28(2,3)19-29(4,5)31-26-25(30-24-14-10-11-17-32(24)26)21-15-16-22(23(18-21)34-6)35-27(33)20-12-8-7-9-13-20/h7-18,31H,19H2,1-6H3. The highest BCUT2D eigenvalue weighted by Gasteiger charge is 2.28. The topological polar surface area (TPSA) is 64.9 Å². The lowest BCUT2D eigenvalue weighted by Crippen LogP contribution is -2.36. The van der Waals surface area contributed by atoms with Crippen LogP contribution in [0.1, 0.15) is 51.4 Å². The average Bonchev–Trinajstić information content (AvgIpc) is 3.16. The van der Waals surface area contributed by atoms with Crippen LogP contribution in [0.2, 0.25) is 0 Å². The van der Waals surface area contributed by atoms with Gasteiger partial charge in [-0.3, -0.25) is 4.40 Å². The summed E-state index contributed by atoms with van der Waals surface area (Å²) in [6.45, 7) is 11.1. The Morgan fingerprint density at radius 3 is 2.34 bits per heavy atom. The highest BCUT2D eigenvalue weighted by Crippen LogP contribution is 2.38. The number of methoxy groups -OCH3 is 1. The van der Waals surface area contributed by atoms with Crippen LogP contribution in [0.15, 0.2) is 72.9 Å². The van der Waals surface area contributed by atoms with Crippen LogP contribution in [0.4, 0.5) is 5.82 Å². The number of ether oxygens (including phenoxy) is 2. The van der Waals surface area contributed by atoms with Crippen molar-refractivity contribution in [2.45, 2.75) is 46.6 Å². The van der Waals surface area contributed by atoms with Crippen molar-refractivity contribution in [1.29, 1.82) is 0 Å². The lowest BCUT2D eigenvalue weighted by molar-refractivity contribution is 0.0729. The number of benzene rings is 2. The normalized spacial score (nSPS) is 11.9. The van der Waals surface area contributed by atoms with Gasteiger partial charge in [0.1, 0.15) is 17.2 Å². The number of fused-ring (bicyclic) bond motifs is 1. The lowest BCUT2D eigenvalue weighted by atomic mass is 9.82. The minimum absolute atomic E-state index is 0.157. The number of hydrogen-bond donors (Lipinski definition) is 1. The van der Waals surface area contributed by atoms with E-state index in [1.807, 2.05) is 42.6 Å². The molecule has 0 atom stereocenters. The Morgan fingerprint density at radius 2 is 1.66 bits per heavy atom. The van der Waals surface area contributed by atoms with Crippen LogP contribution in [-0.4, -0.2) is 28.0 Å². The summed E-state index contributed by atoms with van der Waals surface area (Å²) in [5.74, 6) is 1.29. The molecule has 6 nitrogen and oxygen atoms in total. The van der Waals surface area contributed by atoms with E-state index in [-0.39, 0.29) is 11.0 Å². The fraction of sp³-hybridized carbons (Fsp3) is 0.310. The monoisotopic (exact) mass is 471 g/mol. The molecule has 0 aliphatic heterocycles. The molecule has 2 heterocycles. The predicted molar refractivity (Wildman–Crippen MR) is 140 cm³/mol. The Hall–Kier alpha value is -3.80. The van der Waals surface area contributed by atoms with E-state index in [0.717, 1.165) is 29.1 Å². The summed E-state index contributed by atoms with van der Waals surface area (Å²) in [6, 6.07) is 20.4. The Labute approximate surface area is 206 Å². The van der Waals surface area contributed by atoms with Gasteiger partial charge in [-0.1, -0.05) is 45.0 Å². The molecular weight excluding hydrogens is 438 g/mol. The first kappa shape index (κ1) is 24.3. The molecule has 1 N–H and O–H groups in total. The molecule has 6 heteroatoms. The Balaban J connectivity index is 1.72. The van der Waals surface area contributed by atoms with Gasteiger partial charge in [0.05, 0.1) is 12.7 Å². The van der Waals surface area contributed by atoms with E-state index < -0.39 is 5.97 Å². The molecule has 0 unspecified atom stereocenters. The zero-order valence-electron chi connectivity index (χ0n) is 21.3. The third-order valence-corrected chi connectivity index (χ3v) is 5.61. The summed E-state index contributed by atoms with van der Waals surface area (Å²) < 4.78 is 13.3. The van der Waals surface area contributed by atoms with Crippen molar-refractivity contribution in [3.05, 3.63) is 78.5 Å². The van der Waals surface area contributed by atoms with Gasteiger partial charge in [0.15, 0.2) is 11.5 Å². The second-order valence-corrected chi connectivity index (χ2v) is 10.6. The maximum absolute atomic E-state index is 12.6. The van der Waals surface area contributed by atoms with E-state index in [1.165, 1.54) is 0 Å². The molecule has 2 aromatic carbocycles. The molecule has 0 saturated carbocycles. The number of esters is 1. The zero-order chi connectivity index (χ0) is 25.2. The molecule has 0 bridgehead atoms. The highest BCUT2D eigenvalue weighted by molar-refractivity contribution is 5.91. The zero-order valence-corrected chi connectivity index (χ0v) is 21.3.